The van der Waals surface area contributed by atoms with Crippen LogP contribution in [0.5, 0.6) is 11.5 Å². The van der Waals surface area contributed by atoms with Crippen molar-refractivity contribution in [3.63, 3.8) is 0 Å². The monoisotopic (exact) mass is 358 g/mol. The fourth-order valence-corrected chi connectivity index (χ4v) is 2.54. The van der Waals surface area contributed by atoms with Gasteiger partial charge in [0, 0.05) is 12.0 Å². The molecule has 134 valence electrons. The first kappa shape index (κ1) is 18.3. The standard InChI is InChI=1S/C22H18N2O3/c1-3-21(25)22(26)20-6-4-5-19(24-20)15-7-11-17(12-8-15)27-18-13-9-16(23-2)10-14-18/h4-14,22,26H,3H2,1H3/t22-/m1/s1. The number of aliphatic hydroxyl groups excluding tert-OH is 1. The number of Topliss-reactive ketones (excluding diaryl/α,β-unsaturated/α-hetero) is 1. The largest absolute Gasteiger partial charge is 0.457 e. The van der Waals surface area contributed by atoms with Crippen LogP contribution in [0.2, 0.25) is 0 Å². The summed E-state index contributed by atoms with van der Waals surface area (Å²) in [4.78, 5) is 19.4. The van der Waals surface area contributed by atoms with Gasteiger partial charge in [-0.05, 0) is 48.5 Å². The van der Waals surface area contributed by atoms with Crippen molar-refractivity contribution in [2.45, 2.75) is 19.4 Å². The molecule has 0 aliphatic carbocycles. The number of ketones is 1. The lowest BCUT2D eigenvalue weighted by Gasteiger charge is -2.10. The SMILES string of the molecule is [C-]#[N+]c1ccc(Oc2ccc(-c3cccc([C@@H](O)C(=O)CC)n3)cc2)cc1. The second kappa shape index (κ2) is 8.26. The number of aliphatic hydroxyl groups is 1. The summed E-state index contributed by atoms with van der Waals surface area (Å²) >= 11 is 0. The molecule has 0 fully saturated rings. The Hall–Kier alpha value is -3.49. The van der Waals surface area contributed by atoms with Gasteiger partial charge < -0.3 is 9.84 Å². The van der Waals surface area contributed by atoms with Gasteiger partial charge in [0.1, 0.15) is 11.5 Å². The minimum atomic E-state index is -1.20. The van der Waals surface area contributed by atoms with Crippen molar-refractivity contribution in [3.05, 3.63) is 83.8 Å². The van der Waals surface area contributed by atoms with Crippen LogP contribution in [0.1, 0.15) is 25.1 Å². The average Bonchev–Trinajstić information content (AvgIpc) is 2.74. The van der Waals surface area contributed by atoms with E-state index in [0.29, 0.717) is 28.6 Å². The Bertz CT molecular complexity index is 974. The Labute approximate surface area is 157 Å². The molecule has 0 amide bonds. The van der Waals surface area contributed by atoms with Crippen molar-refractivity contribution in [3.8, 4) is 22.8 Å². The van der Waals surface area contributed by atoms with E-state index in [4.69, 9.17) is 11.3 Å². The number of nitrogens with zero attached hydrogens (tertiary/aromatic N) is 2. The number of hydrogen-bond acceptors (Lipinski definition) is 4. The van der Waals surface area contributed by atoms with Crippen LogP contribution in [0.25, 0.3) is 16.1 Å². The van der Waals surface area contributed by atoms with Crippen LogP contribution < -0.4 is 4.74 Å². The van der Waals surface area contributed by atoms with Gasteiger partial charge in [-0.3, -0.25) is 4.79 Å². The van der Waals surface area contributed by atoms with Crippen molar-refractivity contribution in [2.24, 2.45) is 0 Å². The number of aromatic nitrogens is 1. The first-order chi connectivity index (χ1) is 13.1. The van der Waals surface area contributed by atoms with E-state index < -0.39 is 6.10 Å². The van der Waals surface area contributed by atoms with Gasteiger partial charge in [0.2, 0.25) is 0 Å². The summed E-state index contributed by atoms with van der Waals surface area (Å²) in [5.74, 6) is 1.05. The molecule has 27 heavy (non-hydrogen) atoms. The predicted octanol–water partition coefficient (Wildman–Crippen LogP) is 5.10. The molecule has 3 rings (SSSR count). The topological polar surface area (TPSA) is 63.8 Å². The zero-order valence-corrected chi connectivity index (χ0v) is 14.8. The third-order valence-corrected chi connectivity index (χ3v) is 4.06. The minimum Gasteiger partial charge on any atom is -0.457 e. The maximum Gasteiger partial charge on any atom is 0.187 e. The lowest BCUT2D eigenvalue weighted by Crippen LogP contribution is -2.12. The third kappa shape index (κ3) is 4.38. The lowest BCUT2D eigenvalue weighted by atomic mass is 10.1. The minimum absolute atomic E-state index is 0.257. The molecule has 0 aliphatic heterocycles. The van der Waals surface area contributed by atoms with Gasteiger partial charge in [0.15, 0.2) is 17.6 Å². The zero-order chi connectivity index (χ0) is 19.2. The van der Waals surface area contributed by atoms with Crippen molar-refractivity contribution in [1.82, 2.24) is 4.98 Å². The summed E-state index contributed by atoms with van der Waals surface area (Å²) in [6, 6.07) is 19.5. The molecule has 0 radical (unpaired) electrons. The van der Waals surface area contributed by atoms with Crippen LogP contribution in [-0.2, 0) is 4.79 Å². The molecule has 0 saturated carbocycles. The van der Waals surface area contributed by atoms with Crippen LogP contribution in [0.3, 0.4) is 0 Å². The first-order valence-electron chi connectivity index (χ1n) is 8.54. The van der Waals surface area contributed by atoms with Gasteiger partial charge >= 0.3 is 0 Å². The summed E-state index contributed by atoms with van der Waals surface area (Å²) in [5, 5.41) is 10.1. The first-order valence-corrected chi connectivity index (χ1v) is 8.54. The number of ether oxygens (including phenoxy) is 1. The maximum atomic E-state index is 11.7. The molecule has 0 unspecified atom stereocenters. The Balaban J connectivity index is 1.77. The third-order valence-electron chi connectivity index (χ3n) is 4.06. The van der Waals surface area contributed by atoms with E-state index in [1.807, 2.05) is 30.3 Å². The smallest absolute Gasteiger partial charge is 0.187 e. The molecule has 5 nitrogen and oxygen atoms in total. The predicted molar refractivity (Wildman–Crippen MR) is 103 cm³/mol. The molecule has 5 heteroatoms. The quantitative estimate of drug-likeness (QED) is 0.622. The molecule has 0 aliphatic rings. The zero-order valence-electron chi connectivity index (χ0n) is 14.8. The van der Waals surface area contributed by atoms with E-state index in [0.717, 1.165) is 5.56 Å². The molecule has 2 aromatic carbocycles. The molecule has 0 saturated heterocycles. The normalized spacial score (nSPS) is 11.4. The lowest BCUT2D eigenvalue weighted by molar-refractivity contribution is -0.127. The van der Waals surface area contributed by atoms with E-state index >= 15 is 0 Å². The highest BCUT2D eigenvalue weighted by molar-refractivity contribution is 5.83. The second-order valence-corrected chi connectivity index (χ2v) is 5.90. The fraction of sp³-hybridized carbons (Fsp3) is 0.136. The van der Waals surface area contributed by atoms with E-state index in [-0.39, 0.29) is 12.2 Å². The number of benzene rings is 2. The van der Waals surface area contributed by atoms with Gasteiger partial charge in [0.05, 0.1) is 18.0 Å². The van der Waals surface area contributed by atoms with Gasteiger partial charge in [-0.25, -0.2) is 9.83 Å². The summed E-state index contributed by atoms with van der Waals surface area (Å²) in [6.45, 7) is 8.67. The van der Waals surface area contributed by atoms with Crippen LogP contribution in [0.15, 0.2) is 66.7 Å². The van der Waals surface area contributed by atoms with Crippen molar-refractivity contribution < 1.29 is 14.6 Å². The van der Waals surface area contributed by atoms with Crippen LogP contribution in [0, 0.1) is 6.57 Å². The number of hydrogen-bond donors (Lipinski definition) is 1. The van der Waals surface area contributed by atoms with Crippen LogP contribution >= 0.6 is 0 Å². The van der Waals surface area contributed by atoms with Crippen LogP contribution in [-0.4, -0.2) is 15.9 Å². The molecule has 0 bridgehead atoms. The summed E-state index contributed by atoms with van der Waals surface area (Å²) in [5.41, 5.74) is 2.43. The summed E-state index contributed by atoms with van der Waals surface area (Å²) in [6.07, 6.45) is -0.938. The van der Waals surface area contributed by atoms with Gasteiger partial charge in [0.25, 0.3) is 0 Å². The molecular weight excluding hydrogens is 340 g/mol. The van der Waals surface area contributed by atoms with E-state index in [1.165, 1.54) is 0 Å². The van der Waals surface area contributed by atoms with E-state index in [2.05, 4.69) is 9.83 Å². The summed E-state index contributed by atoms with van der Waals surface area (Å²) < 4.78 is 5.77. The molecular formula is C22H18N2O3. The summed E-state index contributed by atoms with van der Waals surface area (Å²) in [7, 11) is 0. The second-order valence-electron chi connectivity index (χ2n) is 5.90. The van der Waals surface area contributed by atoms with Crippen molar-refractivity contribution in [1.29, 1.82) is 0 Å². The molecule has 1 atom stereocenters. The average molecular weight is 358 g/mol. The highest BCUT2D eigenvalue weighted by Gasteiger charge is 2.17. The Morgan fingerprint density at radius 1 is 1.07 bits per heavy atom. The highest BCUT2D eigenvalue weighted by Crippen LogP contribution is 2.27. The van der Waals surface area contributed by atoms with Gasteiger partial charge in [-0.1, -0.05) is 25.1 Å². The maximum absolute atomic E-state index is 11.7. The van der Waals surface area contributed by atoms with Crippen molar-refractivity contribution in [2.75, 3.05) is 0 Å². The molecule has 3 aromatic rings. The van der Waals surface area contributed by atoms with Crippen LogP contribution in [0.4, 0.5) is 5.69 Å². The molecule has 0 spiro atoms. The van der Waals surface area contributed by atoms with E-state index in [9.17, 15) is 9.90 Å². The van der Waals surface area contributed by atoms with Gasteiger partial charge in [-0.2, -0.15) is 0 Å². The fourth-order valence-electron chi connectivity index (χ4n) is 2.54. The Kier molecular flexibility index (Phi) is 5.60. The number of rotatable bonds is 6. The molecule has 1 aromatic heterocycles. The number of carbonyl (C=O) groups excluding carboxylic acids is 1. The Morgan fingerprint density at radius 3 is 2.30 bits per heavy atom. The Morgan fingerprint density at radius 2 is 1.70 bits per heavy atom. The van der Waals surface area contributed by atoms with E-state index in [1.54, 1.807) is 43.3 Å². The van der Waals surface area contributed by atoms with Crippen molar-refractivity contribution >= 4 is 11.5 Å². The highest BCUT2D eigenvalue weighted by atomic mass is 16.5. The molecule has 1 heterocycles. The number of pyridine rings is 1. The molecule has 1 N–H and O–H groups in total. The van der Waals surface area contributed by atoms with Gasteiger partial charge in [-0.15, -0.1) is 0 Å². The number of carbonyl (C=O) groups is 1.